The minimum Gasteiger partial charge on any atom is -0.353 e. The molecule has 0 amide bonds. The van der Waals surface area contributed by atoms with E-state index in [2.05, 4.69) is 51.8 Å². The van der Waals surface area contributed by atoms with E-state index >= 15 is 0 Å². The van der Waals surface area contributed by atoms with Crippen LogP contribution in [0.5, 0.6) is 0 Å². The zero-order valence-corrected chi connectivity index (χ0v) is 16.2. The molecule has 0 spiro atoms. The summed E-state index contributed by atoms with van der Waals surface area (Å²) in [6.07, 6.45) is 3.01. The summed E-state index contributed by atoms with van der Waals surface area (Å²) in [5, 5.41) is 2.42. The van der Waals surface area contributed by atoms with Crippen LogP contribution >= 0.6 is 45.8 Å². The second kappa shape index (κ2) is 7.43. The highest BCUT2D eigenvalue weighted by molar-refractivity contribution is 14.1. The van der Waals surface area contributed by atoms with Gasteiger partial charge in [0, 0.05) is 19.7 Å². The second-order valence-electron chi connectivity index (χ2n) is 5.54. The van der Waals surface area contributed by atoms with E-state index < -0.39 is 0 Å². The SMILES string of the molecule is NCCCCc1c(-c2ccc(I)cc2)[nH]c2c(Cl)cc(Cl)cc12. The zero-order chi connectivity index (χ0) is 16.4. The van der Waals surface area contributed by atoms with E-state index in [-0.39, 0.29) is 0 Å². The van der Waals surface area contributed by atoms with Crippen LogP contribution in [0.15, 0.2) is 36.4 Å². The first-order valence-electron chi connectivity index (χ1n) is 7.55. The van der Waals surface area contributed by atoms with Crippen molar-refractivity contribution in [1.82, 2.24) is 4.98 Å². The number of unbranched alkanes of at least 4 members (excludes halogenated alkanes) is 1. The van der Waals surface area contributed by atoms with Crippen LogP contribution < -0.4 is 5.73 Å². The lowest BCUT2D eigenvalue weighted by Crippen LogP contribution is -1.99. The molecule has 0 saturated carbocycles. The molecule has 0 radical (unpaired) electrons. The molecule has 3 N–H and O–H groups in total. The van der Waals surface area contributed by atoms with Crippen molar-refractivity contribution in [3.05, 3.63) is 55.6 Å². The number of nitrogens with two attached hydrogens (primary N) is 1. The molecule has 0 aliphatic rings. The first kappa shape index (κ1) is 17.1. The van der Waals surface area contributed by atoms with Gasteiger partial charge in [-0.3, -0.25) is 0 Å². The van der Waals surface area contributed by atoms with Gasteiger partial charge < -0.3 is 10.7 Å². The number of nitrogens with one attached hydrogen (secondary N) is 1. The molecule has 0 aliphatic heterocycles. The molecule has 1 heterocycles. The molecule has 5 heteroatoms. The minimum atomic E-state index is 0.657. The summed E-state index contributed by atoms with van der Waals surface area (Å²) in [5.41, 5.74) is 10.1. The Kier molecular flexibility index (Phi) is 5.52. The third-order valence-electron chi connectivity index (χ3n) is 3.95. The van der Waals surface area contributed by atoms with Crippen LogP contribution in [0.1, 0.15) is 18.4 Å². The maximum Gasteiger partial charge on any atom is 0.0662 e. The average Bonchev–Trinajstić information content (AvgIpc) is 2.87. The summed E-state index contributed by atoms with van der Waals surface area (Å²) in [5.74, 6) is 0. The quantitative estimate of drug-likeness (QED) is 0.355. The summed E-state index contributed by atoms with van der Waals surface area (Å²) in [4.78, 5) is 3.50. The van der Waals surface area contributed by atoms with Crippen molar-refractivity contribution in [3.8, 4) is 11.3 Å². The predicted octanol–water partition coefficient (Wildman–Crippen LogP) is 6.03. The lowest BCUT2D eigenvalue weighted by Gasteiger charge is -2.06. The second-order valence-corrected chi connectivity index (χ2v) is 7.63. The number of fused-ring (bicyclic) bond motifs is 1. The number of aromatic amines is 1. The van der Waals surface area contributed by atoms with Gasteiger partial charge >= 0.3 is 0 Å². The van der Waals surface area contributed by atoms with E-state index in [1.807, 2.05) is 6.07 Å². The lowest BCUT2D eigenvalue weighted by molar-refractivity contribution is 0.748. The highest BCUT2D eigenvalue weighted by atomic mass is 127. The Bertz CT molecular complexity index is 825. The Labute approximate surface area is 159 Å². The Hall–Kier alpha value is -0.750. The fraction of sp³-hybridized carbons (Fsp3) is 0.222. The van der Waals surface area contributed by atoms with Crippen LogP contribution in [0, 0.1) is 3.57 Å². The molecule has 1 aromatic heterocycles. The number of hydrogen-bond acceptors (Lipinski definition) is 1. The molecule has 0 atom stereocenters. The summed E-state index contributed by atoms with van der Waals surface area (Å²) < 4.78 is 1.22. The summed E-state index contributed by atoms with van der Waals surface area (Å²) >= 11 is 14.9. The summed E-state index contributed by atoms with van der Waals surface area (Å²) in [6, 6.07) is 12.3. The first-order valence-corrected chi connectivity index (χ1v) is 9.39. The fourth-order valence-electron chi connectivity index (χ4n) is 2.84. The first-order chi connectivity index (χ1) is 11.1. The van der Waals surface area contributed by atoms with Crippen molar-refractivity contribution in [2.24, 2.45) is 5.73 Å². The van der Waals surface area contributed by atoms with Gasteiger partial charge in [0.1, 0.15) is 0 Å². The highest BCUT2D eigenvalue weighted by Crippen LogP contribution is 2.36. The molecular weight excluding hydrogens is 442 g/mol. The van der Waals surface area contributed by atoms with Crippen LogP contribution in [0.25, 0.3) is 22.2 Å². The number of aromatic nitrogens is 1. The highest BCUT2D eigenvalue weighted by Gasteiger charge is 2.15. The monoisotopic (exact) mass is 458 g/mol. The molecule has 120 valence electrons. The van der Waals surface area contributed by atoms with E-state index in [1.54, 1.807) is 6.07 Å². The standard InChI is InChI=1S/C18H17Cl2IN2/c19-12-9-15-14(3-1-2-8-22)17(23-18(15)16(20)10-12)11-4-6-13(21)7-5-11/h4-7,9-10,23H,1-3,8,22H2. The maximum atomic E-state index is 6.38. The van der Waals surface area contributed by atoms with Crippen molar-refractivity contribution < 1.29 is 0 Å². The van der Waals surface area contributed by atoms with Gasteiger partial charge in [-0.1, -0.05) is 35.3 Å². The Morgan fingerprint density at radius 1 is 1.04 bits per heavy atom. The average molecular weight is 459 g/mol. The number of rotatable bonds is 5. The summed E-state index contributed by atoms with van der Waals surface area (Å²) in [7, 11) is 0. The van der Waals surface area contributed by atoms with Crippen LogP contribution in [-0.2, 0) is 6.42 Å². The van der Waals surface area contributed by atoms with Crippen molar-refractivity contribution in [1.29, 1.82) is 0 Å². The van der Waals surface area contributed by atoms with Gasteiger partial charge in [-0.05, 0) is 83.8 Å². The van der Waals surface area contributed by atoms with Crippen LogP contribution in [0.4, 0.5) is 0 Å². The van der Waals surface area contributed by atoms with E-state index in [9.17, 15) is 0 Å². The molecule has 0 aliphatic carbocycles. The number of hydrogen-bond donors (Lipinski definition) is 2. The normalized spacial score (nSPS) is 11.3. The number of aryl methyl sites for hydroxylation is 1. The van der Waals surface area contributed by atoms with E-state index in [0.717, 1.165) is 41.4 Å². The Balaban J connectivity index is 2.16. The molecule has 0 saturated heterocycles. The summed E-state index contributed by atoms with van der Waals surface area (Å²) in [6.45, 7) is 0.711. The third-order valence-corrected chi connectivity index (χ3v) is 5.18. The van der Waals surface area contributed by atoms with E-state index in [1.165, 1.54) is 9.13 Å². The van der Waals surface area contributed by atoms with Crippen molar-refractivity contribution in [2.75, 3.05) is 6.54 Å². The van der Waals surface area contributed by atoms with Crippen LogP contribution in [0.3, 0.4) is 0 Å². The topological polar surface area (TPSA) is 41.8 Å². The van der Waals surface area contributed by atoms with Gasteiger partial charge in [0.25, 0.3) is 0 Å². The van der Waals surface area contributed by atoms with Gasteiger partial charge in [0.15, 0.2) is 0 Å². The molecule has 0 unspecified atom stereocenters. The van der Waals surface area contributed by atoms with Gasteiger partial charge in [-0.2, -0.15) is 0 Å². The molecule has 0 fully saturated rings. The molecule has 3 rings (SSSR count). The van der Waals surface area contributed by atoms with Crippen molar-refractivity contribution in [3.63, 3.8) is 0 Å². The number of benzene rings is 2. The molecular formula is C18H17Cl2IN2. The fourth-order valence-corrected chi connectivity index (χ4v) is 3.74. The van der Waals surface area contributed by atoms with Crippen LogP contribution in [0.2, 0.25) is 10.0 Å². The molecule has 2 aromatic carbocycles. The van der Waals surface area contributed by atoms with Gasteiger partial charge in [0.05, 0.1) is 10.5 Å². The maximum absolute atomic E-state index is 6.38. The third kappa shape index (κ3) is 3.68. The van der Waals surface area contributed by atoms with Gasteiger partial charge in [-0.15, -0.1) is 0 Å². The Morgan fingerprint density at radius 2 is 1.78 bits per heavy atom. The van der Waals surface area contributed by atoms with Crippen molar-refractivity contribution >= 4 is 56.7 Å². The molecule has 3 aromatic rings. The smallest absolute Gasteiger partial charge is 0.0662 e. The van der Waals surface area contributed by atoms with E-state index in [4.69, 9.17) is 28.9 Å². The largest absolute Gasteiger partial charge is 0.353 e. The predicted molar refractivity (Wildman–Crippen MR) is 108 cm³/mol. The zero-order valence-electron chi connectivity index (χ0n) is 12.5. The molecule has 23 heavy (non-hydrogen) atoms. The van der Waals surface area contributed by atoms with Gasteiger partial charge in [-0.25, -0.2) is 0 Å². The van der Waals surface area contributed by atoms with Crippen molar-refractivity contribution in [2.45, 2.75) is 19.3 Å². The van der Waals surface area contributed by atoms with Gasteiger partial charge in [0.2, 0.25) is 0 Å². The number of halogens is 3. The number of H-pyrrole nitrogens is 1. The minimum absolute atomic E-state index is 0.657. The van der Waals surface area contributed by atoms with Crippen LogP contribution in [-0.4, -0.2) is 11.5 Å². The Morgan fingerprint density at radius 3 is 2.48 bits per heavy atom. The van der Waals surface area contributed by atoms with E-state index in [0.29, 0.717) is 16.6 Å². The molecule has 2 nitrogen and oxygen atoms in total. The molecule has 0 bridgehead atoms. The lowest BCUT2D eigenvalue weighted by atomic mass is 10.0.